The second-order valence-electron chi connectivity index (χ2n) is 4.85. The van der Waals surface area contributed by atoms with E-state index in [1.165, 1.54) is 10.4 Å². The average Bonchev–Trinajstić information content (AvgIpc) is 2.56. The number of rotatable bonds is 3. The monoisotopic (exact) mass is 251 g/mol. The van der Waals surface area contributed by atoms with Crippen LogP contribution in [-0.2, 0) is 0 Å². The van der Waals surface area contributed by atoms with Crippen molar-refractivity contribution >= 4 is 27.4 Å². The van der Waals surface area contributed by atoms with Gasteiger partial charge >= 0.3 is 0 Å². The highest BCUT2D eigenvalue weighted by atomic mass is 32.1. The number of thiophene rings is 1. The van der Waals surface area contributed by atoms with Crippen LogP contribution in [0.1, 0.15) is 24.3 Å². The first-order valence-electron chi connectivity index (χ1n) is 5.54. The Hall–Kier alpha value is -1.20. The lowest BCUT2D eigenvalue weighted by Gasteiger charge is -2.24. The molecule has 2 aromatic heterocycles. The highest BCUT2D eigenvalue weighted by Gasteiger charge is 2.19. The summed E-state index contributed by atoms with van der Waals surface area (Å²) in [5.41, 5.74) is 0.825. The lowest BCUT2D eigenvalue weighted by Crippen LogP contribution is -2.35. The highest BCUT2D eigenvalue weighted by molar-refractivity contribution is 7.18. The Labute approximate surface area is 105 Å². The molecule has 0 saturated carbocycles. The quantitative estimate of drug-likeness (QED) is 0.880. The van der Waals surface area contributed by atoms with E-state index in [0.29, 0.717) is 0 Å². The molecule has 0 aliphatic heterocycles. The standard InChI is InChI=1S/C12H17N3OS/c1-7-8(2)17-11-9(7)10(13-6-14-11)15-12(3,4)5-16/h6,16H,5H2,1-4H3,(H,13,14,15). The smallest absolute Gasteiger partial charge is 0.138 e. The fraction of sp³-hybridized carbons (Fsp3) is 0.500. The van der Waals surface area contributed by atoms with Gasteiger partial charge in [-0.1, -0.05) is 0 Å². The molecule has 4 nitrogen and oxygen atoms in total. The van der Waals surface area contributed by atoms with Crippen molar-refractivity contribution in [2.45, 2.75) is 33.2 Å². The number of hydrogen-bond donors (Lipinski definition) is 2. The maximum Gasteiger partial charge on any atom is 0.138 e. The van der Waals surface area contributed by atoms with Crippen molar-refractivity contribution < 1.29 is 5.11 Å². The lowest BCUT2D eigenvalue weighted by molar-refractivity contribution is 0.234. The van der Waals surface area contributed by atoms with E-state index in [-0.39, 0.29) is 12.1 Å². The Bertz CT molecular complexity index is 548. The molecular formula is C12H17N3OS. The molecule has 0 radical (unpaired) electrons. The van der Waals surface area contributed by atoms with Crippen molar-refractivity contribution in [1.29, 1.82) is 0 Å². The maximum atomic E-state index is 9.30. The van der Waals surface area contributed by atoms with Crippen molar-refractivity contribution in [3.05, 3.63) is 16.8 Å². The summed E-state index contributed by atoms with van der Waals surface area (Å²) in [5, 5.41) is 13.6. The average molecular weight is 251 g/mol. The third-order valence-corrected chi connectivity index (χ3v) is 3.93. The topological polar surface area (TPSA) is 58.0 Å². The van der Waals surface area contributed by atoms with E-state index in [2.05, 4.69) is 29.1 Å². The van der Waals surface area contributed by atoms with Gasteiger partial charge in [0.15, 0.2) is 0 Å². The predicted octanol–water partition coefficient (Wildman–Crippen LogP) is 2.49. The third kappa shape index (κ3) is 2.25. The van der Waals surface area contributed by atoms with Crippen LogP contribution in [0.4, 0.5) is 5.82 Å². The number of aryl methyl sites for hydroxylation is 2. The van der Waals surface area contributed by atoms with Crippen molar-refractivity contribution in [3.8, 4) is 0 Å². The molecule has 0 unspecified atom stereocenters. The molecule has 0 amide bonds. The SMILES string of the molecule is Cc1sc2ncnc(NC(C)(C)CO)c2c1C. The maximum absolute atomic E-state index is 9.30. The number of aliphatic hydroxyl groups is 1. The first kappa shape index (κ1) is 12.3. The summed E-state index contributed by atoms with van der Waals surface area (Å²) in [7, 11) is 0. The van der Waals surface area contributed by atoms with Crippen LogP contribution in [-0.4, -0.2) is 27.2 Å². The number of aromatic nitrogens is 2. The molecule has 17 heavy (non-hydrogen) atoms. The van der Waals surface area contributed by atoms with Gasteiger partial charge in [-0.2, -0.15) is 0 Å². The minimum Gasteiger partial charge on any atom is -0.394 e. The number of nitrogens with one attached hydrogen (secondary N) is 1. The largest absolute Gasteiger partial charge is 0.394 e. The van der Waals surface area contributed by atoms with E-state index >= 15 is 0 Å². The first-order valence-corrected chi connectivity index (χ1v) is 6.36. The number of nitrogens with zero attached hydrogens (tertiary/aromatic N) is 2. The molecule has 0 aliphatic carbocycles. The number of fused-ring (bicyclic) bond motifs is 1. The Morgan fingerprint density at radius 3 is 2.71 bits per heavy atom. The molecule has 0 atom stereocenters. The molecular weight excluding hydrogens is 234 g/mol. The summed E-state index contributed by atoms with van der Waals surface area (Å²) >= 11 is 1.67. The van der Waals surface area contributed by atoms with Gasteiger partial charge in [-0.25, -0.2) is 9.97 Å². The molecule has 2 aromatic rings. The molecule has 0 aliphatic rings. The van der Waals surface area contributed by atoms with Crippen LogP contribution in [0.15, 0.2) is 6.33 Å². The van der Waals surface area contributed by atoms with Gasteiger partial charge in [0.25, 0.3) is 0 Å². The Balaban J connectivity index is 2.54. The summed E-state index contributed by atoms with van der Waals surface area (Å²) in [6.45, 7) is 8.10. The van der Waals surface area contributed by atoms with Gasteiger partial charge in [-0.05, 0) is 33.3 Å². The first-order chi connectivity index (χ1) is 7.94. The number of aliphatic hydroxyl groups excluding tert-OH is 1. The molecule has 0 spiro atoms. The normalized spacial score (nSPS) is 12.1. The Morgan fingerprint density at radius 2 is 2.06 bits per heavy atom. The van der Waals surface area contributed by atoms with Gasteiger partial charge in [-0.15, -0.1) is 11.3 Å². The van der Waals surface area contributed by atoms with Gasteiger partial charge in [-0.3, -0.25) is 0 Å². The molecule has 5 heteroatoms. The third-order valence-electron chi connectivity index (χ3n) is 2.82. The van der Waals surface area contributed by atoms with Gasteiger partial charge in [0.2, 0.25) is 0 Å². The van der Waals surface area contributed by atoms with Gasteiger partial charge in [0, 0.05) is 4.88 Å². The zero-order chi connectivity index (χ0) is 12.6. The van der Waals surface area contributed by atoms with Gasteiger partial charge < -0.3 is 10.4 Å². The van der Waals surface area contributed by atoms with Crippen LogP contribution in [0.3, 0.4) is 0 Å². The van der Waals surface area contributed by atoms with Crippen molar-refractivity contribution in [1.82, 2.24) is 9.97 Å². The minimum atomic E-state index is -0.385. The fourth-order valence-corrected chi connectivity index (χ4v) is 2.63. The van der Waals surface area contributed by atoms with E-state index in [0.717, 1.165) is 16.0 Å². The van der Waals surface area contributed by atoms with Crippen molar-refractivity contribution in [2.75, 3.05) is 11.9 Å². The second-order valence-corrected chi connectivity index (χ2v) is 6.06. The summed E-state index contributed by atoms with van der Waals surface area (Å²) < 4.78 is 0. The number of hydrogen-bond acceptors (Lipinski definition) is 5. The van der Waals surface area contributed by atoms with Crippen molar-refractivity contribution in [2.24, 2.45) is 0 Å². The summed E-state index contributed by atoms with van der Waals surface area (Å²) in [5.74, 6) is 0.802. The molecule has 2 heterocycles. The van der Waals surface area contributed by atoms with Crippen LogP contribution in [0, 0.1) is 13.8 Å². The zero-order valence-corrected chi connectivity index (χ0v) is 11.4. The predicted molar refractivity (Wildman–Crippen MR) is 71.7 cm³/mol. The zero-order valence-electron chi connectivity index (χ0n) is 10.5. The summed E-state index contributed by atoms with van der Waals surface area (Å²) in [6, 6.07) is 0. The van der Waals surface area contributed by atoms with Crippen LogP contribution < -0.4 is 5.32 Å². The molecule has 92 valence electrons. The Morgan fingerprint density at radius 1 is 1.35 bits per heavy atom. The summed E-state index contributed by atoms with van der Waals surface area (Å²) in [4.78, 5) is 10.8. The molecule has 0 fully saturated rings. The Kier molecular flexibility index (Phi) is 3.05. The number of anilines is 1. The van der Waals surface area contributed by atoms with E-state index in [4.69, 9.17) is 0 Å². The van der Waals surface area contributed by atoms with Gasteiger partial charge in [0.05, 0.1) is 17.5 Å². The van der Waals surface area contributed by atoms with Gasteiger partial charge in [0.1, 0.15) is 17.0 Å². The van der Waals surface area contributed by atoms with Crippen LogP contribution in [0.5, 0.6) is 0 Å². The molecule has 0 bridgehead atoms. The van der Waals surface area contributed by atoms with Crippen molar-refractivity contribution in [3.63, 3.8) is 0 Å². The van der Waals surface area contributed by atoms with E-state index in [1.54, 1.807) is 17.7 Å². The molecule has 2 N–H and O–H groups in total. The van der Waals surface area contributed by atoms with Crippen LogP contribution in [0.25, 0.3) is 10.2 Å². The van der Waals surface area contributed by atoms with E-state index < -0.39 is 0 Å². The van der Waals surface area contributed by atoms with E-state index in [9.17, 15) is 5.11 Å². The molecule has 2 rings (SSSR count). The fourth-order valence-electron chi connectivity index (χ4n) is 1.64. The van der Waals surface area contributed by atoms with Crippen LogP contribution >= 0.6 is 11.3 Å². The lowest BCUT2D eigenvalue weighted by atomic mass is 10.1. The minimum absolute atomic E-state index is 0.0562. The molecule has 0 saturated heterocycles. The second kappa shape index (κ2) is 4.23. The highest BCUT2D eigenvalue weighted by Crippen LogP contribution is 2.33. The molecule has 0 aromatic carbocycles. The van der Waals surface area contributed by atoms with Crippen LogP contribution in [0.2, 0.25) is 0 Å². The summed E-state index contributed by atoms with van der Waals surface area (Å²) in [6.07, 6.45) is 1.56. The van der Waals surface area contributed by atoms with E-state index in [1.807, 2.05) is 13.8 Å².